The van der Waals surface area contributed by atoms with E-state index in [1.54, 1.807) is 12.1 Å². The summed E-state index contributed by atoms with van der Waals surface area (Å²) in [6.07, 6.45) is 0. The summed E-state index contributed by atoms with van der Waals surface area (Å²) in [7, 11) is 0. The van der Waals surface area contributed by atoms with E-state index in [-0.39, 0.29) is 11.9 Å². The van der Waals surface area contributed by atoms with E-state index < -0.39 is 0 Å². The lowest BCUT2D eigenvalue weighted by Crippen LogP contribution is -2.46. The lowest BCUT2D eigenvalue weighted by molar-refractivity contribution is -0.118. The second kappa shape index (κ2) is 7.68. The Bertz CT molecular complexity index is 818. The Labute approximate surface area is 157 Å². The lowest BCUT2D eigenvalue weighted by atomic mass is 9.95. The van der Waals surface area contributed by atoms with Gasteiger partial charge in [-0.05, 0) is 42.4 Å². The van der Waals surface area contributed by atoms with Crippen molar-refractivity contribution < 1.29 is 4.79 Å². The highest BCUT2D eigenvalue weighted by atomic mass is 35.5. The molecule has 3 N–H and O–H groups in total. The summed E-state index contributed by atoms with van der Waals surface area (Å²) in [6, 6.07) is 16.9. The molecule has 1 aliphatic heterocycles. The topological polar surface area (TPSA) is 53.2 Å². The molecule has 3 rings (SSSR count). The molecule has 1 unspecified atom stereocenters. The van der Waals surface area contributed by atoms with Crippen molar-refractivity contribution in [2.45, 2.75) is 19.5 Å². The highest BCUT2D eigenvalue weighted by Gasteiger charge is 2.29. The second-order valence-corrected chi connectivity index (χ2v) is 6.63. The summed E-state index contributed by atoms with van der Waals surface area (Å²) in [5.41, 5.74) is 3.34. The molecule has 0 bridgehead atoms. The molecule has 2 aromatic rings. The minimum Gasteiger partial charge on any atom is -0.351 e. The number of thiocarbonyl (C=S) groups is 1. The molecule has 0 aromatic heterocycles. The number of rotatable bonds is 4. The summed E-state index contributed by atoms with van der Waals surface area (Å²) in [6.45, 7) is 2.32. The van der Waals surface area contributed by atoms with E-state index in [1.165, 1.54) is 0 Å². The molecule has 128 valence electrons. The van der Waals surface area contributed by atoms with Crippen LogP contribution in [0.2, 0.25) is 5.02 Å². The van der Waals surface area contributed by atoms with Crippen LogP contribution in [0.3, 0.4) is 0 Å². The number of nitrogens with one attached hydrogen (secondary N) is 3. The molecular formula is C19H18ClN3OS. The van der Waals surface area contributed by atoms with Crippen molar-refractivity contribution in [3.05, 3.63) is 82.0 Å². The van der Waals surface area contributed by atoms with Crippen LogP contribution in [-0.2, 0) is 11.3 Å². The number of allylic oxidation sites excluding steroid dienone is 1. The van der Waals surface area contributed by atoms with Gasteiger partial charge in [0, 0.05) is 17.3 Å². The molecule has 0 radical (unpaired) electrons. The predicted molar refractivity (Wildman–Crippen MR) is 104 cm³/mol. The standard InChI is InChI=1S/C19H18ClN3OS/c1-12-16(18(24)21-11-13-5-3-2-4-6-13)17(23-19(25)22-12)14-7-9-15(20)10-8-14/h2-10,17H,11H2,1H3,(H,21,24)(H2,22,23,25). The Morgan fingerprint density at radius 2 is 1.84 bits per heavy atom. The van der Waals surface area contributed by atoms with Gasteiger partial charge in [-0.15, -0.1) is 0 Å². The Morgan fingerprint density at radius 1 is 1.16 bits per heavy atom. The first kappa shape index (κ1) is 17.5. The molecule has 2 aromatic carbocycles. The first-order chi connectivity index (χ1) is 12.0. The maximum Gasteiger partial charge on any atom is 0.251 e. The minimum absolute atomic E-state index is 0.135. The fourth-order valence-electron chi connectivity index (χ4n) is 2.77. The van der Waals surface area contributed by atoms with E-state index in [1.807, 2.05) is 49.4 Å². The average Bonchev–Trinajstić information content (AvgIpc) is 2.60. The molecule has 0 saturated carbocycles. The van der Waals surface area contributed by atoms with Gasteiger partial charge in [-0.3, -0.25) is 4.79 Å². The molecule has 1 aliphatic rings. The first-order valence-corrected chi connectivity index (χ1v) is 8.69. The molecule has 0 fully saturated rings. The van der Waals surface area contributed by atoms with E-state index in [9.17, 15) is 4.79 Å². The smallest absolute Gasteiger partial charge is 0.251 e. The van der Waals surface area contributed by atoms with Crippen molar-refractivity contribution in [2.75, 3.05) is 0 Å². The van der Waals surface area contributed by atoms with Gasteiger partial charge in [-0.2, -0.15) is 0 Å². The quantitative estimate of drug-likeness (QED) is 0.720. The number of hydrogen-bond acceptors (Lipinski definition) is 2. The minimum atomic E-state index is -0.318. The van der Waals surface area contributed by atoms with Gasteiger partial charge in [0.1, 0.15) is 0 Å². The average molecular weight is 372 g/mol. The number of benzene rings is 2. The highest BCUT2D eigenvalue weighted by molar-refractivity contribution is 7.80. The molecule has 1 heterocycles. The molecule has 1 amide bonds. The maximum atomic E-state index is 12.8. The van der Waals surface area contributed by atoms with Crippen molar-refractivity contribution in [2.24, 2.45) is 0 Å². The zero-order valence-electron chi connectivity index (χ0n) is 13.7. The van der Waals surface area contributed by atoms with Crippen LogP contribution in [0.5, 0.6) is 0 Å². The maximum absolute atomic E-state index is 12.8. The van der Waals surface area contributed by atoms with Crippen molar-refractivity contribution in [1.82, 2.24) is 16.0 Å². The normalized spacial score (nSPS) is 16.9. The fraction of sp³-hybridized carbons (Fsp3) is 0.158. The third kappa shape index (κ3) is 4.18. The van der Waals surface area contributed by atoms with Gasteiger partial charge in [0.05, 0.1) is 11.6 Å². The number of amides is 1. The van der Waals surface area contributed by atoms with E-state index in [0.717, 1.165) is 16.8 Å². The van der Waals surface area contributed by atoms with E-state index in [2.05, 4.69) is 16.0 Å². The predicted octanol–water partition coefficient (Wildman–Crippen LogP) is 3.45. The second-order valence-electron chi connectivity index (χ2n) is 5.79. The Kier molecular flexibility index (Phi) is 5.36. The Balaban J connectivity index is 1.84. The first-order valence-electron chi connectivity index (χ1n) is 7.90. The van der Waals surface area contributed by atoms with E-state index in [0.29, 0.717) is 22.3 Å². The van der Waals surface area contributed by atoms with Crippen LogP contribution in [-0.4, -0.2) is 11.0 Å². The van der Waals surface area contributed by atoms with Gasteiger partial charge in [0.15, 0.2) is 5.11 Å². The zero-order chi connectivity index (χ0) is 17.8. The van der Waals surface area contributed by atoms with Gasteiger partial charge in [0.25, 0.3) is 5.91 Å². The lowest BCUT2D eigenvalue weighted by Gasteiger charge is -2.30. The molecule has 4 nitrogen and oxygen atoms in total. The SMILES string of the molecule is CC1=C(C(=O)NCc2ccccc2)C(c2ccc(Cl)cc2)NC(=S)N1. The summed E-state index contributed by atoms with van der Waals surface area (Å²) >= 11 is 11.2. The van der Waals surface area contributed by atoms with E-state index in [4.69, 9.17) is 23.8 Å². The zero-order valence-corrected chi connectivity index (χ0v) is 15.2. The molecule has 0 spiro atoms. The number of halogens is 1. The largest absolute Gasteiger partial charge is 0.351 e. The van der Waals surface area contributed by atoms with Gasteiger partial charge >= 0.3 is 0 Å². The number of carbonyl (C=O) groups is 1. The van der Waals surface area contributed by atoms with Crippen molar-refractivity contribution in [3.8, 4) is 0 Å². The Morgan fingerprint density at radius 3 is 2.52 bits per heavy atom. The van der Waals surface area contributed by atoms with Crippen LogP contribution in [0.4, 0.5) is 0 Å². The van der Waals surface area contributed by atoms with Crippen LogP contribution < -0.4 is 16.0 Å². The monoisotopic (exact) mass is 371 g/mol. The van der Waals surface area contributed by atoms with Gasteiger partial charge in [-0.25, -0.2) is 0 Å². The van der Waals surface area contributed by atoms with Crippen molar-refractivity contribution >= 4 is 34.8 Å². The van der Waals surface area contributed by atoms with Gasteiger partial charge in [-0.1, -0.05) is 54.1 Å². The number of carbonyl (C=O) groups excluding carboxylic acids is 1. The van der Waals surface area contributed by atoms with Crippen LogP contribution in [0.1, 0.15) is 24.1 Å². The van der Waals surface area contributed by atoms with Gasteiger partial charge < -0.3 is 16.0 Å². The Hall–Kier alpha value is -2.37. The van der Waals surface area contributed by atoms with E-state index >= 15 is 0 Å². The van der Waals surface area contributed by atoms with Crippen molar-refractivity contribution in [3.63, 3.8) is 0 Å². The molecule has 25 heavy (non-hydrogen) atoms. The molecule has 1 atom stereocenters. The van der Waals surface area contributed by atoms with Gasteiger partial charge in [0.2, 0.25) is 0 Å². The summed E-state index contributed by atoms with van der Waals surface area (Å²) in [5.74, 6) is -0.135. The summed E-state index contributed by atoms with van der Waals surface area (Å²) in [5, 5.41) is 10.3. The van der Waals surface area contributed by atoms with Crippen LogP contribution in [0.25, 0.3) is 0 Å². The van der Waals surface area contributed by atoms with Crippen LogP contribution in [0.15, 0.2) is 65.9 Å². The molecule has 6 heteroatoms. The van der Waals surface area contributed by atoms with Crippen LogP contribution >= 0.6 is 23.8 Å². The van der Waals surface area contributed by atoms with Crippen LogP contribution in [0, 0.1) is 0 Å². The highest BCUT2D eigenvalue weighted by Crippen LogP contribution is 2.27. The van der Waals surface area contributed by atoms with Crippen molar-refractivity contribution in [1.29, 1.82) is 0 Å². The third-order valence-electron chi connectivity index (χ3n) is 4.01. The summed E-state index contributed by atoms with van der Waals surface area (Å²) < 4.78 is 0. The fourth-order valence-corrected chi connectivity index (χ4v) is 3.17. The summed E-state index contributed by atoms with van der Waals surface area (Å²) in [4.78, 5) is 12.8. The molecule has 0 saturated heterocycles. The molecule has 0 aliphatic carbocycles. The third-order valence-corrected chi connectivity index (χ3v) is 4.48. The number of hydrogen-bond donors (Lipinski definition) is 3. The molecular weight excluding hydrogens is 354 g/mol.